The lowest BCUT2D eigenvalue weighted by Crippen LogP contribution is -2.43. The van der Waals surface area contributed by atoms with E-state index in [1.54, 1.807) is 12.1 Å². The molecule has 2 saturated heterocycles. The maximum absolute atomic E-state index is 13.2. The molecule has 2 aliphatic heterocycles. The van der Waals surface area contributed by atoms with Crippen molar-refractivity contribution in [2.45, 2.75) is 61.0 Å². The fraction of sp³-hybridized carbons (Fsp3) is 0.625. The Hall–Kier alpha value is -0.540. The highest BCUT2D eigenvalue weighted by Crippen LogP contribution is 2.46. The van der Waals surface area contributed by atoms with Crippen molar-refractivity contribution in [3.8, 4) is 0 Å². The predicted octanol–water partition coefficient (Wildman–Crippen LogP) is 3.94. The minimum absolute atomic E-state index is 0.180. The number of aliphatic hydroxyl groups is 1. The van der Waals surface area contributed by atoms with Gasteiger partial charge in [0, 0.05) is 10.5 Å². The SMILES string of the molecule is OC1(CCc2cccc(F)c2)CC2CCCC(C1)S2. The van der Waals surface area contributed by atoms with Gasteiger partial charge < -0.3 is 5.11 Å². The van der Waals surface area contributed by atoms with E-state index in [0.717, 1.165) is 31.2 Å². The van der Waals surface area contributed by atoms with E-state index in [0.29, 0.717) is 10.5 Å². The predicted molar refractivity (Wildman–Crippen MR) is 77.9 cm³/mol. The van der Waals surface area contributed by atoms with E-state index in [4.69, 9.17) is 0 Å². The number of hydrogen-bond acceptors (Lipinski definition) is 2. The molecule has 0 amide bonds. The van der Waals surface area contributed by atoms with Crippen LogP contribution in [-0.4, -0.2) is 21.2 Å². The van der Waals surface area contributed by atoms with Gasteiger partial charge in [-0.15, -0.1) is 0 Å². The first-order valence-corrected chi connectivity index (χ1v) is 8.20. The van der Waals surface area contributed by atoms with Crippen LogP contribution < -0.4 is 0 Å². The lowest BCUT2D eigenvalue weighted by atomic mass is 9.81. The zero-order valence-corrected chi connectivity index (χ0v) is 12.0. The zero-order valence-electron chi connectivity index (χ0n) is 11.1. The van der Waals surface area contributed by atoms with Gasteiger partial charge in [0.2, 0.25) is 0 Å². The van der Waals surface area contributed by atoms with Gasteiger partial charge in [-0.25, -0.2) is 4.39 Å². The van der Waals surface area contributed by atoms with E-state index in [2.05, 4.69) is 11.8 Å². The average molecular weight is 280 g/mol. The molecule has 104 valence electrons. The topological polar surface area (TPSA) is 20.2 Å². The number of fused-ring (bicyclic) bond motifs is 2. The number of thioether (sulfide) groups is 1. The Morgan fingerprint density at radius 2 is 2.00 bits per heavy atom. The molecule has 1 N–H and O–H groups in total. The second kappa shape index (κ2) is 5.45. The molecule has 1 aromatic carbocycles. The molecule has 19 heavy (non-hydrogen) atoms. The Balaban J connectivity index is 1.62. The monoisotopic (exact) mass is 280 g/mol. The third kappa shape index (κ3) is 3.32. The first-order chi connectivity index (χ1) is 9.13. The molecule has 0 radical (unpaired) electrons. The van der Waals surface area contributed by atoms with E-state index < -0.39 is 5.60 Å². The third-order valence-corrected chi connectivity index (χ3v) is 5.99. The van der Waals surface area contributed by atoms with Crippen molar-refractivity contribution in [1.82, 2.24) is 0 Å². The normalized spacial score (nSPS) is 34.2. The maximum atomic E-state index is 13.2. The average Bonchev–Trinajstić information content (AvgIpc) is 2.36. The van der Waals surface area contributed by atoms with Gasteiger partial charge in [-0.3, -0.25) is 0 Å². The molecule has 2 unspecified atom stereocenters. The lowest BCUT2D eigenvalue weighted by molar-refractivity contribution is 0.00488. The molecule has 2 bridgehead atoms. The molecular weight excluding hydrogens is 259 g/mol. The molecule has 1 nitrogen and oxygen atoms in total. The molecule has 2 fully saturated rings. The molecule has 0 aliphatic carbocycles. The van der Waals surface area contributed by atoms with Crippen LogP contribution in [0.4, 0.5) is 4.39 Å². The van der Waals surface area contributed by atoms with Gasteiger partial charge in [0.05, 0.1) is 5.60 Å². The largest absolute Gasteiger partial charge is 0.390 e. The fourth-order valence-electron chi connectivity index (χ4n) is 3.49. The van der Waals surface area contributed by atoms with Crippen LogP contribution in [0.1, 0.15) is 44.1 Å². The molecule has 2 atom stereocenters. The molecule has 1 aromatic rings. The molecule has 2 heterocycles. The van der Waals surface area contributed by atoms with E-state index in [9.17, 15) is 9.50 Å². The summed E-state index contributed by atoms with van der Waals surface area (Å²) in [5, 5.41) is 12.1. The fourth-order valence-corrected chi connectivity index (χ4v) is 5.45. The highest BCUT2D eigenvalue weighted by Gasteiger charge is 2.40. The summed E-state index contributed by atoms with van der Waals surface area (Å²) in [6.07, 6.45) is 7.21. The standard InChI is InChI=1S/C16H21FOS/c17-13-4-1-3-12(9-13)7-8-16(18)10-14-5-2-6-15(11-16)19-14/h1,3-4,9,14-15,18H,2,5-8,10-11H2. The van der Waals surface area contributed by atoms with E-state index in [-0.39, 0.29) is 5.82 Å². The minimum Gasteiger partial charge on any atom is -0.390 e. The van der Waals surface area contributed by atoms with Crippen molar-refractivity contribution < 1.29 is 9.50 Å². The Bertz CT molecular complexity index is 436. The summed E-state index contributed by atoms with van der Waals surface area (Å²) in [6, 6.07) is 6.76. The smallest absolute Gasteiger partial charge is 0.123 e. The molecule has 0 saturated carbocycles. The van der Waals surface area contributed by atoms with Crippen LogP contribution in [0, 0.1) is 5.82 Å². The van der Waals surface area contributed by atoms with Gasteiger partial charge in [-0.05, 0) is 56.2 Å². The van der Waals surface area contributed by atoms with Gasteiger partial charge in [-0.2, -0.15) is 11.8 Å². The summed E-state index contributed by atoms with van der Waals surface area (Å²) in [5.41, 5.74) is 0.477. The van der Waals surface area contributed by atoms with Crippen molar-refractivity contribution in [1.29, 1.82) is 0 Å². The van der Waals surface area contributed by atoms with Crippen LogP contribution in [0.15, 0.2) is 24.3 Å². The van der Waals surface area contributed by atoms with Crippen LogP contribution in [0.2, 0.25) is 0 Å². The number of hydrogen-bond donors (Lipinski definition) is 1. The summed E-state index contributed by atoms with van der Waals surface area (Å²) >= 11 is 2.08. The summed E-state index contributed by atoms with van der Waals surface area (Å²) < 4.78 is 13.2. The highest BCUT2D eigenvalue weighted by atomic mass is 32.2. The van der Waals surface area contributed by atoms with Gasteiger partial charge in [-0.1, -0.05) is 18.6 Å². The van der Waals surface area contributed by atoms with E-state index in [1.807, 2.05) is 6.07 Å². The van der Waals surface area contributed by atoms with Crippen molar-refractivity contribution in [2.24, 2.45) is 0 Å². The summed E-state index contributed by atoms with van der Waals surface area (Å²) in [4.78, 5) is 0. The van der Waals surface area contributed by atoms with Crippen LogP contribution in [-0.2, 0) is 6.42 Å². The van der Waals surface area contributed by atoms with Crippen molar-refractivity contribution in [2.75, 3.05) is 0 Å². The second-order valence-corrected chi connectivity index (χ2v) is 7.68. The Labute approximate surface area is 118 Å². The number of benzene rings is 1. The molecule has 3 heteroatoms. The van der Waals surface area contributed by atoms with Crippen LogP contribution in [0.25, 0.3) is 0 Å². The first kappa shape index (κ1) is 13.4. The van der Waals surface area contributed by atoms with Crippen LogP contribution in [0.3, 0.4) is 0 Å². The van der Waals surface area contributed by atoms with Crippen molar-refractivity contribution in [3.05, 3.63) is 35.6 Å². The zero-order chi connectivity index (χ0) is 13.3. The number of rotatable bonds is 3. The molecule has 0 aromatic heterocycles. The second-order valence-electron chi connectivity index (χ2n) is 6.07. The highest BCUT2D eigenvalue weighted by molar-refractivity contribution is 8.00. The molecule has 2 aliphatic rings. The Kier molecular flexibility index (Phi) is 3.86. The van der Waals surface area contributed by atoms with Crippen molar-refractivity contribution in [3.63, 3.8) is 0 Å². The Morgan fingerprint density at radius 1 is 1.26 bits per heavy atom. The number of halogens is 1. The molecule has 0 spiro atoms. The number of aryl methyl sites for hydroxylation is 1. The molecule has 3 rings (SSSR count). The molecular formula is C16H21FOS. The van der Waals surface area contributed by atoms with Crippen LogP contribution >= 0.6 is 11.8 Å². The Morgan fingerprint density at radius 3 is 2.68 bits per heavy atom. The van der Waals surface area contributed by atoms with Crippen molar-refractivity contribution >= 4 is 11.8 Å². The first-order valence-electron chi connectivity index (χ1n) is 7.25. The van der Waals surface area contributed by atoms with Gasteiger partial charge in [0.25, 0.3) is 0 Å². The van der Waals surface area contributed by atoms with Gasteiger partial charge in [0.15, 0.2) is 0 Å². The van der Waals surface area contributed by atoms with Gasteiger partial charge >= 0.3 is 0 Å². The van der Waals surface area contributed by atoms with E-state index in [1.165, 1.54) is 25.3 Å². The third-order valence-electron chi connectivity index (χ3n) is 4.42. The maximum Gasteiger partial charge on any atom is 0.123 e. The summed E-state index contributed by atoms with van der Waals surface area (Å²) in [7, 11) is 0. The minimum atomic E-state index is -0.521. The lowest BCUT2D eigenvalue weighted by Gasteiger charge is -2.44. The summed E-state index contributed by atoms with van der Waals surface area (Å²) in [5.74, 6) is -0.180. The van der Waals surface area contributed by atoms with Gasteiger partial charge in [0.1, 0.15) is 5.82 Å². The van der Waals surface area contributed by atoms with E-state index >= 15 is 0 Å². The quantitative estimate of drug-likeness (QED) is 0.905. The van der Waals surface area contributed by atoms with Crippen LogP contribution in [0.5, 0.6) is 0 Å². The summed E-state index contributed by atoms with van der Waals surface area (Å²) in [6.45, 7) is 0.